The second kappa shape index (κ2) is 10.8. The molecule has 0 aliphatic carbocycles. The number of hydrogen-bond donors (Lipinski definition) is 1. The Kier molecular flexibility index (Phi) is 9.28. The van der Waals surface area contributed by atoms with Crippen molar-refractivity contribution in [2.45, 2.75) is 51.6 Å². The number of rotatable bonds is 13. The summed E-state index contributed by atoms with van der Waals surface area (Å²) >= 11 is 1.26. The van der Waals surface area contributed by atoms with Crippen molar-refractivity contribution in [3.8, 4) is 0 Å². The smallest absolute Gasteiger partial charge is 0.363 e. The van der Waals surface area contributed by atoms with Crippen LogP contribution in [0.1, 0.15) is 51.5 Å². The molecule has 0 saturated carbocycles. The Morgan fingerprint density at radius 3 is 1.97 bits per heavy atom. The molecule has 172 valence electrons. The minimum absolute atomic E-state index is 0.0296. The third kappa shape index (κ3) is 4.48. The predicted octanol–water partition coefficient (Wildman–Crippen LogP) is 5.16. The number of hydrogen-bond acceptors (Lipinski definition) is 9. The van der Waals surface area contributed by atoms with E-state index >= 15 is 0 Å². The van der Waals surface area contributed by atoms with E-state index in [1.165, 1.54) is 16.2 Å². The third-order valence-corrected chi connectivity index (χ3v) is 12.3. The molecule has 1 aromatic rings. The van der Waals surface area contributed by atoms with Gasteiger partial charge in [-0.05, 0) is 52.0 Å². The van der Waals surface area contributed by atoms with Crippen molar-refractivity contribution in [3.63, 3.8) is 0 Å². The highest BCUT2D eigenvalue weighted by atomic mass is 32.1. The van der Waals surface area contributed by atoms with Gasteiger partial charge in [-0.3, -0.25) is 18.8 Å². The van der Waals surface area contributed by atoms with Gasteiger partial charge in [0.05, 0.1) is 26.4 Å². The molecule has 2 rings (SSSR count). The standard InChI is InChI=1S/C18H31NO8P2S/c1-5-24-28(22,25-6-2)18(29(23,26-7-3)27-8-4)12-10-13-19(18)16(17(20)21)15-11-9-14-30-15/h9,11,14,16H,5-8,10,12-13H2,1-4H3,(H,20,21). The van der Waals surface area contributed by atoms with Crippen molar-refractivity contribution in [2.75, 3.05) is 33.0 Å². The summed E-state index contributed by atoms with van der Waals surface area (Å²) in [4.78, 5) is 14.4. The molecule has 1 atom stereocenters. The molecule has 0 aromatic carbocycles. The zero-order valence-electron chi connectivity index (χ0n) is 17.8. The zero-order chi connectivity index (χ0) is 22.4. The van der Waals surface area contributed by atoms with Crippen molar-refractivity contribution in [2.24, 2.45) is 0 Å². The van der Waals surface area contributed by atoms with Crippen LogP contribution in [0.3, 0.4) is 0 Å². The molecule has 12 heteroatoms. The lowest BCUT2D eigenvalue weighted by Gasteiger charge is -2.46. The second-order valence-corrected chi connectivity index (χ2v) is 12.3. The van der Waals surface area contributed by atoms with Gasteiger partial charge < -0.3 is 23.2 Å². The molecule has 0 radical (unpaired) electrons. The van der Waals surface area contributed by atoms with Crippen molar-refractivity contribution >= 4 is 32.5 Å². The summed E-state index contributed by atoms with van der Waals surface area (Å²) in [6.07, 6.45) is 0.528. The quantitative estimate of drug-likeness (QED) is 0.380. The summed E-state index contributed by atoms with van der Waals surface area (Å²) < 4.78 is 51.0. The zero-order valence-corrected chi connectivity index (χ0v) is 20.4. The van der Waals surface area contributed by atoms with Crippen LogP contribution in [0.5, 0.6) is 0 Å². The number of nitrogens with zero attached hydrogens (tertiary/aromatic N) is 1. The van der Waals surface area contributed by atoms with Crippen molar-refractivity contribution < 1.29 is 37.1 Å². The maximum absolute atomic E-state index is 14.2. The SMILES string of the molecule is CCOP(=O)(OCC)C1(P(=O)(OCC)OCC)CCCN1C(C(=O)O)c1cccs1. The fourth-order valence-electron chi connectivity index (χ4n) is 3.91. The fraction of sp³-hybridized carbons (Fsp3) is 0.722. The predicted molar refractivity (Wildman–Crippen MR) is 115 cm³/mol. The summed E-state index contributed by atoms with van der Waals surface area (Å²) in [6, 6.07) is 2.23. The molecule has 1 aromatic heterocycles. The van der Waals surface area contributed by atoms with E-state index in [0.29, 0.717) is 11.3 Å². The maximum Gasteiger partial charge on any atom is 0.363 e. The van der Waals surface area contributed by atoms with Gasteiger partial charge in [0.25, 0.3) is 0 Å². The molecule has 1 N–H and O–H groups in total. The van der Waals surface area contributed by atoms with Gasteiger partial charge in [0.2, 0.25) is 5.02 Å². The van der Waals surface area contributed by atoms with Crippen LogP contribution in [-0.2, 0) is 32.0 Å². The van der Waals surface area contributed by atoms with Gasteiger partial charge in [0.15, 0.2) is 0 Å². The normalized spacial score (nSPS) is 18.5. The van der Waals surface area contributed by atoms with Gasteiger partial charge >= 0.3 is 21.2 Å². The minimum atomic E-state index is -4.18. The van der Waals surface area contributed by atoms with Gasteiger partial charge in [-0.2, -0.15) is 0 Å². The Balaban J connectivity index is 2.81. The van der Waals surface area contributed by atoms with E-state index in [-0.39, 0.29) is 39.4 Å². The topological polar surface area (TPSA) is 112 Å². The van der Waals surface area contributed by atoms with Crippen molar-refractivity contribution in [1.82, 2.24) is 4.90 Å². The molecular weight excluding hydrogens is 452 g/mol. The summed E-state index contributed by atoms with van der Waals surface area (Å²) in [5.41, 5.74) is 0. The van der Waals surface area contributed by atoms with Crippen LogP contribution in [0.15, 0.2) is 17.5 Å². The van der Waals surface area contributed by atoms with E-state index in [0.717, 1.165) is 0 Å². The number of aliphatic carboxylic acids is 1. The maximum atomic E-state index is 14.2. The molecular formula is C18H31NO8P2S. The first-order valence-electron chi connectivity index (χ1n) is 10.1. The van der Waals surface area contributed by atoms with Crippen LogP contribution < -0.4 is 0 Å². The van der Waals surface area contributed by atoms with E-state index in [2.05, 4.69) is 0 Å². The van der Waals surface area contributed by atoms with Gasteiger partial charge in [0.1, 0.15) is 6.04 Å². The third-order valence-electron chi connectivity index (χ3n) is 4.80. The number of carboxylic acids is 1. The molecule has 0 spiro atoms. The first-order valence-corrected chi connectivity index (χ1v) is 14.0. The lowest BCUT2D eigenvalue weighted by atomic mass is 10.2. The number of carbonyl (C=O) groups is 1. The molecule has 1 aliphatic heterocycles. The number of thiophene rings is 1. The Morgan fingerprint density at radius 2 is 1.60 bits per heavy atom. The molecule has 1 fully saturated rings. The van der Waals surface area contributed by atoms with Gasteiger partial charge in [0, 0.05) is 11.4 Å². The molecule has 9 nitrogen and oxygen atoms in total. The summed E-state index contributed by atoms with van der Waals surface area (Å²) in [5.74, 6) is -1.15. The van der Waals surface area contributed by atoms with E-state index in [9.17, 15) is 19.0 Å². The van der Waals surface area contributed by atoms with Crippen LogP contribution in [0, 0.1) is 0 Å². The molecule has 1 saturated heterocycles. The molecule has 0 amide bonds. The average Bonchev–Trinajstić information content (AvgIpc) is 3.34. The van der Waals surface area contributed by atoms with E-state index in [4.69, 9.17) is 18.1 Å². The first-order chi connectivity index (χ1) is 14.3. The lowest BCUT2D eigenvalue weighted by Crippen LogP contribution is -2.49. The average molecular weight is 483 g/mol. The largest absolute Gasteiger partial charge is 0.480 e. The molecule has 2 heterocycles. The van der Waals surface area contributed by atoms with Crippen LogP contribution in [0.2, 0.25) is 0 Å². The highest BCUT2D eigenvalue weighted by Gasteiger charge is 2.72. The molecule has 1 aliphatic rings. The summed E-state index contributed by atoms with van der Waals surface area (Å²) in [5, 5.41) is 10.0. The molecule has 1 unspecified atom stereocenters. The monoisotopic (exact) mass is 483 g/mol. The Labute approximate surface area is 181 Å². The van der Waals surface area contributed by atoms with Crippen LogP contribution in [0.4, 0.5) is 0 Å². The Morgan fingerprint density at radius 1 is 1.10 bits per heavy atom. The fourth-order valence-corrected chi connectivity index (χ4v) is 10.9. The van der Waals surface area contributed by atoms with Crippen LogP contribution in [-0.4, -0.2) is 54.0 Å². The summed E-state index contributed by atoms with van der Waals surface area (Å²) in [6.45, 7) is 6.95. The minimum Gasteiger partial charge on any atom is -0.480 e. The van der Waals surface area contributed by atoms with Crippen LogP contribution in [0.25, 0.3) is 0 Å². The molecule has 30 heavy (non-hydrogen) atoms. The molecule has 0 bridgehead atoms. The Hall–Kier alpha value is -0.570. The van der Waals surface area contributed by atoms with E-state index in [1.54, 1.807) is 45.2 Å². The highest BCUT2D eigenvalue weighted by molar-refractivity contribution is 7.74. The van der Waals surface area contributed by atoms with E-state index in [1.807, 2.05) is 0 Å². The van der Waals surface area contributed by atoms with Gasteiger partial charge in [-0.1, -0.05) is 6.07 Å². The van der Waals surface area contributed by atoms with Gasteiger partial charge in [-0.15, -0.1) is 11.3 Å². The van der Waals surface area contributed by atoms with E-state index < -0.39 is 32.2 Å². The second-order valence-electron chi connectivity index (χ2n) is 6.49. The van der Waals surface area contributed by atoms with Crippen molar-refractivity contribution in [3.05, 3.63) is 22.4 Å². The summed E-state index contributed by atoms with van der Waals surface area (Å²) in [7, 11) is -8.35. The van der Waals surface area contributed by atoms with Crippen LogP contribution >= 0.6 is 26.5 Å². The highest BCUT2D eigenvalue weighted by Crippen LogP contribution is 2.82. The lowest BCUT2D eigenvalue weighted by molar-refractivity contribution is -0.144. The number of carboxylic acid groups (broad SMARTS) is 1. The van der Waals surface area contributed by atoms with Gasteiger partial charge in [-0.25, -0.2) is 0 Å². The number of likely N-dealkylation sites (tertiary alicyclic amines) is 1. The Bertz CT molecular complexity index is 737. The van der Waals surface area contributed by atoms with Crippen molar-refractivity contribution in [1.29, 1.82) is 0 Å². The first kappa shape index (κ1) is 25.7.